The number of nitrogens with zero attached hydrogens (tertiary/aromatic N) is 5. The van der Waals surface area contributed by atoms with Gasteiger partial charge in [-0.2, -0.15) is 5.21 Å². The Hall–Kier alpha value is -4.43. The van der Waals surface area contributed by atoms with Gasteiger partial charge >= 0.3 is 0 Å². The summed E-state index contributed by atoms with van der Waals surface area (Å²) in [5.74, 6) is 5.27. The lowest BCUT2D eigenvalue weighted by atomic mass is 9.78. The molecule has 2 amide bonds. The largest absolute Gasteiger partial charge is 0.496 e. The molecule has 1 aromatic heterocycles. The molecule has 0 radical (unpaired) electrons. The Morgan fingerprint density at radius 3 is 1.35 bits per heavy atom. The predicted molar refractivity (Wildman–Crippen MR) is 356 cm³/mol. The molecule has 0 unspecified atom stereocenters. The molecule has 1 N–H and O–H groups in total. The van der Waals surface area contributed by atoms with Gasteiger partial charge in [0.1, 0.15) is 11.5 Å². The molecule has 0 spiro atoms. The van der Waals surface area contributed by atoms with Crippen LogP contribution in [0.15, 0.2) is 84.9 Å². The molecule has 4 aliphatic carbocycles. The third-order valence-corrected chi connectivity index (χ3v) is 30.1. The molecule has 84 heavy (non-hydrogen) atoms. The number of methoxy groups -OCH3 is 2. The van der Waals surface area contributed by atoms with Crippen molar-refractivity contribution in [3.05, 3.63) is 111 Å². The first kappa shape index (κ1) is 65.5. The molecule has 12 nitrogen and oxygen atoms in total. The van der Waals surface area contributed by atoms with E-state index >= 15 is 0 Å². The molecule has 0 atom stereocenters. The molecule has 4 aromatic carbocycles. The van der Waals surface area contributed by atoms with Gasteiger partial charge in [-0.3, -0.25) is 9.59 Å². The van der Waals surface area contributed by atoms with Crippen molar-refractivity contribution in [2.45, 2.75) is 218 Å². The molecule has 0 aliphatic heterocycles. The van der Waals surface area contributed by atoms with Crippen LogP contribution in [0.1, 0.15) is 178 Å². The predicted octanol–water partition coefficient (Wildman–Crippen LogP) is 17.6. The van der Waals surface area contributed by atoms with E-state index in [1.54, 1.807) is 14.2 Å². The number of rotatable bonds is 17. The Bertz CT molecular complexity index is 2930. The Kier molecular flexibility index (Phi) is 22.3. The molecule has 4 fully saturated rings. The molecule has 15 heteroatoms. The monoisotopic (exact) mass is 1290 g/mol. The van der Waals surface area contributed by atoms with Crippen LogP contribution < -0.4 is 19.3 Å². The zero-order valence-electron chi connectivity index (χ0n) is 53.5. The van der Waals surface area contributed by atoms with Gasteiger partial charge in [-0.1, -0.05) is 84.0 Å². The van der Waals surface area contributed by atoms with E-state index in [-0.39, 0.29) is 33.9 Å². The summed E-state index contributed by atoms with van der Waals surface area (Å²) in [5.41, 5.74) is 8.07. The molecular weight excluding hydrogens is 1190 g/mol. The minimum atomic E-state index is -1.84. The number of aryl methyl sites for hydroxylation is 2. The molecule has 0 bridgehead atoms. The number of anilines is 2. The van der Waals surface area contributed by atoms with Crippen LogP contribution in [0, 0.1) is 41.1 Å². The molecule has 4 aliphatic rings. The Morgan fingerprint density at radius 2 is 0.976 bits per heavy atom. The van der Waals surface area contributed by atoms with Crippen molar-refractivity contribution in [1.29, 1.82) is 0 Å². The lowest BCUT2D eigenvalue weighted by Crippen LogP contribution is -2.46. The number of benzene rings is 4. The lowest BCUT2D eigenvalue weighted by molar-refractivity contribution is -0.124. The zero-order chi connectivity index (χ0) is 60.6. The number of H-pyrrole nitrogens is 1. The van der Waals surface area contributed by atoms with Crippen LogP contribution in [0.4, 0.5) is 11.4 Å². The lowest BCUT2D eigenvalue weighted by Gasteiger charge is -2.41. The van der Waals surface area contributed by atoms with E-state index in [1.165, 1.54) is 38.7 Å². The van der Waals surface area contributed by atoms with E-state index in [9.17, 15) is 9.59 Å². The third kappa shape index (κ3) is 16.8. The van der Waals surface area contributed by atoms with E-state index in [0.29, 0.717) is 41.5 Å². The van der Waals surface area contributed by atoms with Crippen molar-refractivity contribution >= 4 is 62.4 Å². The van der Waals surface area contributed by atoms with Crippen LogP contribution in [0.2, 0.25) is 36.3 Å². The van der Waals surface area contributed by atoms with E-state index in [1.807, 2.05) is 18.2 Å². The molecular formula is C69H101IN6O6Si2. The number of amides is 2. The van der Waals surface area contributed by atoms with E-state index in [4.69, 9.17) is 18.3 Å². The summed E-state index contributed by atoms with van der Waals surface area (Å²) >= 11 is 2.37. The Morgan fingerprint density at radius 1 is 0.560 bits per heavy atom. The van der Waals surface area contributed by atoms with Gasteiger partial charge in [-0.05, 0) is 269 Å². The fraction of sp³-hybridized carbons (Fsp3) is 0.609. The topological polar surface area (TPSA) is 132 Å². The minimum absolute atomic E-state index is 0.0155. The number of tetrazole rings is 1. The summed E-state index contributed by atoms with van der Waals surface area (Å²) in [7, 11) is -0.162. The second-order valence-corrected chi connectivity index (χ2v) is 39.0. The molecule has 0 saturated heterocycles. The summed E-state index contributed by atoms with van der Waals surface area (Å²) in [6.07, 6.45) is 17.2. The highest BCUT2D eigenvalue weighted by Gasteiger charge is 2.43. The number of carbonyl (C=O) groups is 2. The highest BCUT2D eigenvalue weighted by atomic mass is 127. The number of aromatic amines is 1. The van der Waals surface area contributed by atoms with Gasteiger partial charge in [0.2, 0.25) is 17.6 Å². The average molecular weight is 1290 g/mol. The highest BCUT2D eigenvalue weighted by Crippen LogP contribution is 2.44. The number of hydrogen-bond donors (Lipinski definition) is 1. The second-order valence-electron chi connectivity index (χ2n) is 28.3. The van der Waals surface area contributed by atoms with Gasteiger partial charge in [0.25, 0.3) is 0 Å². The van der Waals surface area contributed by atoms with Crippen LogP contribution in [-0.4, -0.2) is 88.6 Å². The summed E-state index contributed by atoms with van der Waals surface area (Å²) in [5, 5.41) is 15.0. The number of aromatic nitrogens is 4. The zero-order valence-corrected chi connectivity index (χ0v) is 57.7. The maximum Gasteiger partial charge on any atom is 0.230 e. The SMILES string of the molecule is COc1ccc(C2CCC(CN(C(=O)C3CCC(O[Si](C)(C)C(C)(C)C)CC3)c3cccc(-c4nn[nH]n4)c3)CC2)cc1C.COc1ccc(C2CCC(CN(C(=O)C3CCC(O[Si](C)(C)C(C)(C)C)CC3)c3cccc(I)c3)CC2)cc1C. The van der Waals surface area contributed by atoms with Crippen LogP contribution >= 0.6 is 22.6 Å². The van der Waals surface area contributed by atoms with Gasteiger partial charge < -0.3 is 28.1 Å². The number of carbonyl (C=O) groups excluding carboxylic acids is 2. The summed E-state index contributed by atoms with van der Waals surface area (Å²) in [4.78, 5) is 32.7. The third-order valence-electron chi connectivity index (χ3n) is 20.4. The van der Waals surface area contributed by atoms with Gasteiger partial charge in [0, 0.05) is 57.6 Å². The van der Waals surface area contributed by atoms with Crippen LogP contribution in [0.5, 0.6) is 11.5 Å². The van der Waals surface area contributed by atoms with Crippen molar-refractivity contribution in [3.63, 3.8) is 0 Å². The minimum Gasteiger partial charge on any atom is -0.496 e. The van der Waals surface area contributed by atoms with Crippen LogP contribution in [-0.2, 0) is 18.4 Å². The average Bonchev–Trinajstić information content (AvgIpc) is 4.16. The first-order chi connectivity index (χ1) is 39.8. The van der Waals surface area contributed by atoms with E-state index in [2.05, 4.69) is 201 Å². The van der Waals surface area contributed by atoms with Gasteiger partial charge in [-0.25, -0.2) is 0 Å². The molecule has 9 rings (SSSR count). The number of ether oxygens (including phenoxy) is 2. The fourth-order valence-corrected chi connectivity index (χ4v) is 16.4. The Balaban J connectivity index is 0.000000220. The van der Waals surface area contributed by atoms with Crippen molar-refractivity contribution < 1.29 is 27.9 Å². The molecule has 5 aromatic rings. The van der Waals surface area contributed by atoms with E-state index in [0.717, 1.165) is 131 Å². The number of halogens is 1. The first-order valence-electron chi connectivity index (χ1n) is 31.7. The fourth-order valence-electron chi connectivity index (χ4n) is 13.1. The van der Waals surface area contributed by atoms with Crippen molar-refractivity contribution in [2.75, 3.05) is 37.1 Å². The maximum absolute atomic E-state index is 14.3. The standard InChI is InChI=1S/C35H51N5O3Si.C34H50INO3Si/c1-24-21-28(17-20-32(24)42-5)26-13-11-25(12-14-26)23-40(30-10-8-9-29(22-30)33-36-38-39-37-33)34(41)27-15-18-31(19-16-27)43-44(6,7)35(2,3)4;1-24-21-28(17-20-32(24)38-5)26-13-11-25(12-14-26)23-36(30-10-8-9-29(35)22-30)33(37)27-15-18-31(19-16-27)39-40(6,7)34(2,3)4/h8-10,17,20-22,25-27,31H,11-16,18-19,23H2,1-7H3,(H,36,37,38,39);8-10,17,20-22,25-27,31H,11-16,18-19,23H2,1-7H3. The summed E-state index contributed by atoms with van der Waals surface area (Å²) in [6, 6.07) is 29.8. The summed E-state index contributed by atoms with van der Waals surface area (Å²) in [6.45, 7) is 28.9. The number of hydrogen-bond acceptors (Lipinski definition) is 9. The van der Waals surface area contributed by atoms with Gasteiger partial charge in [0.05, 0.1) is 14.2 Å². The van der Waals surface area contributed by atoms with Gasteiger partial charge in [0.15, 0.2) is 16.6 Å². The highest BCUT2D eigenvalue weighted by molar-refractivity contribution is 14.1. The molecule has 458 valence electrons. The van der Waals surface area contributed by atoms with E-state index < -0.39 is 16.6 Å². The quantitative estimate of drug-likeness (QED) is 0.0714. The number of nitrogens with one attached hydrogen (secondary N) is 1. The molecule has 4 saturated carbocycles. The van der Waals surface area contributed by atoms with Crippen molar-refractivity contribution in [1.82, 2.24) is 20.6 Å². The van der Waals surface area contributed by atoms with Gasteiger partial charge in [-0.15, -0.1) is 10.2 Å². The first-order valence-corrected chi connectivity index (χ1v) is 38.6. The van der Waals surface area contributed by atoms with Crippen LogP contribution in [0.25, 0.3) is 11.4 Å². The summed E-state index contributed by atoms with van der Waals surface area (Å²) < 4.78 is 25.6. The normalized spacial score (nSPS) is 23.4. The Labute approximate surface area is 520 Å². The van der Waals surface area contributed by atoms with Crippen molar-refractivity contribution in [3.8, 4) is 22.9 Å². The molecule has 1 heterocycles. The smallest absolute Gasteiger partial charge is 0.230 e. The second kappa shape index (κ2) is 28.6. The maximum atomic E-state index is 14.3. The van der Waals surface area contributed by atoms with Crippen LogP contribution in [0.3, 0.4) is 0 Å². The van der Waals surface area contributed by atoms with Crippen molar-refractivity contribution in [2.24, 2.45) is 23.7 Å².